The fourth-order valence-electron chi connectivity index (χ4n) is 4.58. The largest absolute Gasteiger partial charge is 0.488 e. The molecule has 1 aliphatic carbocycles. The summed E-state index contributed by atoms with van der Waals surface area (Å²) >= 11 is 0.726. The predicted octanol–water partition coefficient (Wildman–Crippen LogP) is 7.09. The summed E-state index contributed by atoms with van der Waals surface area (Å²) in [6.07, 6.45) is 4.96. The topological polar surface area (TPSA) is 55.8 Å². The van der Waals surface area contributed by atoms with Gasteiger partial charge in [-0.1, -0.05) is 18.2 Å². The number of nitrogens with zero attached hydrogens (tertiary/aromatic N) is 1. The van der Waals surface area contributed by atoms with Crippen molar-refractivity contribution in [1.82, 2.24) is 0 Å². The summed E-state index contributed by atoms with van der Waals surface area (Å²) in [5.74, 6) is 0.324. The van der Waals surface area contributed by atoms with E-state index in [9.17, 15) is 22.8 Å². The molecule has 0 atom stereocenters. The van der Waals surface area contributed by atoms with Crippen molar-refractivity contribution in [2.24, 2.45) is 0 Å². The van der Waals surface area contributed by atoms with Gasteiger partial charge in [0.25, 0.3) is 0 Å². The number of rotatable bonds is 10. The SMILES string of the molecule is CCOC(=O)CCCCC(=O)N1CCc2cc(OCc3cc(C4=CC=CCC4)c(C(F)(F)F)s3)ccc21. The molecule has 0 spiro atoms. The first kappa shape index (κ1) is 27.0. The molecule has 9 heteroatoms. The summed E-state index contributed by atoms with van der Waals surface area (Å²) in [4.78, 5) is 25.8. The summed E-state index contributed by atoms with van der Waals surface area (Å²) in [5, 5.41) is 0. The highest BCUT2D eigenvalue weighted by Gasteiger charge is 2.37. The zero-order valence-electron chi connectivity index (χ0n) is 20.7. The Kier molecular flexibility index (Phi) is 8.74. The van der Waals surface area contributed by atoms with Gasteiger partial charge in [-0.3, -0.25) is 9.59 Å². The van der Waals surface area contributed by atoms with Gasteiger partial charge in [0.15, 0.2) is 0 Å². The second kappa shape index (κ2) is 12.0. The molecule has 0 fully saturated rings. The van der Waals surface area contributed by atoms with Crippen LogP contribution in [0.5, 0.6) is 5.75 Å². The van der Waals surface area contributed by atoms with Crippen LogP contribution in [0.15, 0.2) is 42.5 Å². The van der Waals surface area contributed by atoms with Crippen molar-refractivity contribution in [3.05, 3.63) is 63.4 Å². The molecule has 2 heterocycles. The lowest BCUT2D eigenvalue weighted by atomic mass is 9.97. The van der Waals surface area contributed by atoms with Crippen LogP contribution in [-0.2, 0) is 33.5 Å². The molecule has 0 bridgehead atoms. The number of allylic oxidation sites excluding steroid dienone is 4. The quantitative estimate of drug-likeness (QED) is 0.242. The van der Waals surface area contributed by atoms with Crippen LogP contribution in [0.25, 0.3) is 5.57 Å². The van der Waals surface area contributed by atoms with Gasteiger partial charge in [-0.25, -0.2) is 0 Å². The molecule has 1 aromatic heterocycles. The number of thiophene rings is 1. The minimum absolute atomic E-state index is 0.00827. The highest BCUT2D eigenvalue weighted by Crippen LogP contribution is 2.43. The average molecular weight is 534 g/mol. The van der Waals surface area contributed by atoms with E-state index in [4.69, 9.17) is 9.47 Å². The number of halogens is 3. The predicted molar refractivity (Wildman–Crippen MR) is 138 cm³/mol. The molecule has 1 aromatic carbocycles. The number of alkyl halides is 3. The van der Waals surface area contributed by atoms with Crippen molar-refractivity contribution in [3.63, 3.8) is 0 Å². The van der Waals surface area contributed by atoms with Gasteiger partial charge in [0.2, 0.25) is 5.91 Å². The van der Waals surface area contributed by atoms with Crippen LogP contribution in [0.4, 0.5) is 18.9 Å². The van der Waals surface area contributed by atoms with E-state index in [1.165, 1.54) is 0 Å². The van der Waals surface area contributed by atoms with Crippen LogP contribution in [0.1, 0.15) is 66.3 Å². The molecule has 0 unspecified atom stereocenters. The Labute approximate surface area is 218 Å². The van der Waals surface area contributed by atoms with Gasteiger partial charge < -0.3 is 14.4 Å². The van der Waals surface area contributed by atoms with Crippen molar-refractivity contribution >= 4 is 34.5 Å². The summed E-state index contributed by atoms with van der Waals surface area (Å²) in [6.45, 7) is 2.73. The van der Waals surface area contributed by atoms with Gasteiger partial charge in [0, 0.05) is 35.5 Å². The standard InChI is InChI=1S/C28H30F3NO4S/c1-2-35-26(34)11-7-6-10-25(33)32-15-14-20-16-21(12-13-24(20)32)36-18-22-17-23(19-8-4-3-5-9-19)27(37-22)28(29,30)31/h3-4,8,12-13,16-17H,2,5-7,9-11,14-15,18H2,1H3. The molecule has 4 rings (SSSR count). The van der Waals surface area contributed by atoms with E-state index in [1.54, 1.807) is 36.1 Å². The molecule has 2 aromatic rings. The maximum atomic E-state index is 13.7. The average Bonchev–Trinajstić information content (AvgIpc) is 3.50. The number of hydrogen-bond donors (Lipinski definition) is 0. The van der Waals surface area contributed by atoms with Gasteiger partial charge in [-0.2, -0.15) is 13.2 Å². The Morgan fingerprint density at radius 3 is 2.65 bits per heavy atom. The van der Waals surface area contributed by atoms with E-state index >= 15 is 0 Å². The second-order valence-electron chi connectivity index (χ2n) is 9.00. The molecule has 1 amide bonds. The van der Waals surface area contributed by atoms with E-state index in [0.29, 0.717) is 67.9 Å². The Bertz CT molecular complexity index is 1200. The van der Waals surface area contributed by atoms with Crippen molar-refractivity contribution in [3.8, 4) is 5.75 Å². The van der Waals surface area contributed by atoms with Crippen LogP contribution in [0.2, 0.25) is 0 Å². The molecule has 0 saturated heterocycles. The second-order valence-corrected chi connectivity index (χ2v) is 10.1. The van der Waals surface area contributed by atoms with Crippen LogP contribution in [0, 0.1) is 0 Å². The minimum atomic E-state index is -4.41. The third-order valence-electron chi connectivity index (χ3n) is 6.36. The minimum Gasteiger partial charge on any atom is -0.488 e. The van der Waals surface area contributed by atoms with Crippen LogP contribution in [-0.4, -0.2) is 25.0 Å². The highest BCUT2D eigenvalue weighted by molar-refractivity contribution is 7.12. The number of carbonyl (C=O) groups excluding carboxylic acids is 2. The van der Waals surface area contributed by atoms with E-state index < -0.39 is 11.1 Å². The van der Waals surface area contributed by atoms with Gasteiger partial charge in [-0.05, 0) is 74.4 Å². The number of anilines is 1. The van der Waals surface area contributed by atoms with Gasteiger partial charge in [0.05, 0.1) is 6.61 Å². The summed E-state index contributed by atoms with van der Waals surface area (Å²) in [6, 6.07) is 7.03. The normalized spacial score (nSPS) is 14.9. The van der Waals surface area contributed by atoms with E-state index in [-0.39, 0.29) is 24.0 Å². The molecular formula is C28H30F3NO4S. The number of unbranched alkanes of at least 4 members (excludes halogenated alkanes) is 1. The molecule has 0 N–H and O–H groups in total. The molecule has 5 nitrogen and oxygen atoms in total. The van der Waals surface area contributed by atoms with Crippen LogP contribution >= 0.6 is 11.3 Å². The first-order chi connectivity index (χ1) is 17.8. The van der Waals surface area contributed by atoms with Gasteiger partial charge in [0.1, 0.15) is 17.2 Å². The molecule has 37 heavy (non-hydrogen) atoms. The molecule has 2 aliphatic rings. The number of carbonyl (C=O) groups is 2. The lowest BCUT2D eigenvalue weighted by Gasteiger charge is -2.17. The van der Waals surface area contributed by atoms with Crippen molar-refractivity contribution in [1.29, 1.82) is 0 Å². The van der Waals surface area contributed by atoms with Gasteiger partial charge >= 0.3 is 12.1 Å². The number of benzene rings is 1. The highest BCUT2D eigenvalue weighted by atomic mass is 32.1. The van der Waals surface area contributed by atoms with E-state index in [1.807, 2.05) is 18.2 Å². The fraction of sp³-hybridized carbons (Fsp3) is 0.429. The van der Waals surface area contributed by atoms with Crippen molar-refractivity contribution < 1.29 is 32.2 Å². The summed E-state index contributed by atoms with van der Waals surface area (Å²) in [5.41, 5.74) is 2.74. The first-order valence-electron chi connectivity index (χ1n) is 12.5. The Balaban J connectivity index is 1.36. The van der Waals surface area contributed by atoms with Crippen LogP contribution < -0.4 is 9.64 Å². The molecule has 198 valence electrons. The fourth-order valence-corrected chi connectivity index (χ4v) is 5.56. The van der Waals surface area contributed by atoms with Crippen LogP contribution in [0.3, 0.4) is 0 Å². The molecule has 0 radical (unpaired) electrons. The number of fused-ring (bicyclic) bond motifs is 1. The number of amides is 1. The number of ether oxygens (including phenoxy) is 2. The zero-order valence-corrected chi connectivity index (χ0v) is 21.6. The van der Waals surface area contributed by atoms with E-state index in [0.717, 1.165) is 29.0 Å². The Morgan fingerprint density at radius 2 is 1.92 bits per heavy atom. The molecule has 0 saturated carbocycles. The maximum Gasteiger partial charge on any atom is 0.426 e. The Morgan fingerprint density at radius 1 is 1.11 bits per heavy atom. The zero-order chi connectivity index (χ0) is 26.4. The van der Waals surface area contributed by atoms with Gasteiger partial charge in [-0.15, -0.1) is 11.3 Å². The third kappa shape index (κ3) is 6.83. The number of hydrogen-bond acceptors (Lipinski definition) is 5. The van der Waals surface area contributed by atoms with Crippen molar-refractivity contribution in [2.45, 2.75) is 64.7 Å². The first-order valence-corrected chi connectivity index (χ1v) is 13.4. The summed E-state index contributed by atoms with van der Waals surface area (Å²) in [7, 11) is 0. The summed E-state index contributed by atoms with van der Waals surface area (Å²) < 4.78 is 51.8. The molecule has 1 aliphatic heterocycles. The van der Waals surface area contributed by atoms with Crippen molar-refractivity contribution in [2.75, 3.05) is 18.1 Å². The monoisotopic (exact) mass is 533 g/mol. The number of esters is 1. The lowest BCUT2D eigenvalue weighted by Crippen LogP contribution is -2.28. The molecular weight excluding hydrogens is 503 g/mol. The lowest BCUT2D eigenvalue weighted by molar-refractivity contribution is -0.143. The van der Waals surface area contributed by atoms with E-state index in [2.05, 4.69) is 0 Å². The third-order valence-corrected chi connectivity index (χ3v) is 7.51. The smallest absolute Gasteiger partial charge is 0.426 e. The Hall–Kier alpha value is -3.07. The maximum absolute atomic E-state index is 13.7.